The third-order valence-electron chi connectivity index (χ3n) is 5.39. The molecule has 1 N–H and O–H groups in total. The lowest BCUT2D eigenvalue weighted by atomic mass is 10.1. The van der Waals surface area contributed by atoms with E-state index in [1.54, 1.807) is 11.8 Å². The van der Waals surface area contributed by atoms with Crippen LogP contribution >= 0.6 is 11.6 Å². The molecule has 146 valence electrons. The highest BCUT2D eigenvalue weighted by atomic mass is 35.5. The molecular formula is C20H21ClN4O3. The van der Waals surface area contributed by atoms with Gasteiger partial charge in [-0.25, -0.2) is 4.98 Å². The first-order chi connectivity index (χ1) is 13.5. The Hall–Kier alpha value is -2.64. The van der Waals surface area contributed by atoms with Crippen molar-refractivity contribution in [3.63, 3.8) is 0 Å². The van der Waals surface area contributed by atoms with E-state index in [1.807, 2.05) is 24.3 Å². The van der Waals surface area contributed by atoms with Crippen molar-refractivity contribution < 1.29 is 9.21 Å². The fourth-order valence-corrected chi connectivity index (χ4v) is 4.09. The molecule has 1 aliphatic rings. The Bertz CT molecular complexity index is 1080. The van der Waals surface area contributed by atoms with Gasteiger partial charge in [-0.2, -0.15) is 0 Å². The number of aryl methyl sites for hydroxylation is 1. The molecule has 1 aliphatic heterocycles. The predicted octanol–water partition coefficient (Wildman–Crippen LogP) is 3.00. The maximum Gasteiger partial charge on any atom is 0.262 e. The molecule has 8 heteroatoms. The van der Waals surface area contributed by atoms with Gasteiger partial charge in [0.05, 0.1) is 11.9 Å². The molecule has 1 saturated heterocycles. The Balaban J connectivity index is 1.52. The van der Waals surface area contributed by atoms with Crippen LogP contribution in [0, 0.1) is 6.92 Å². The summed E-state index contributed by atoms with van der Waals surface area (Å²) in [6.07, 6.45) is 1.27. The van der Waals surface area contributed by atoms with E-state index in [0.717, 1.165) is 23.7 Å². The normalized spacial score (nSPS) is 16.5. The van der Waals surface area contributed by atoms with Crippen LogP contribution in [0.15, 0.2) is 39.8 Å². The Kier molecular flexibility index (Phi) is 4.95. The standard InChI is InChI=1S/C20H21ClN4O3/c1-12(14-5-3-4-6-15(14)21)24-7-9-25(10-8-24)20(27)16-13(2)28-19-17(16)18(26)22-11-23-19/h3-6,11-12H,7-10H2,1-2H3,(H,22,23,26). The second-order valence-corrected chi connectivity index (χ2v) is 7.38. The van der Waals surface area contributed by atoms with Gasteiger partial charge in [0.25, 0.3) is 11.5 Å². The smallest absolute Gasteiger partial charge is 0.262 e. The van der Waals surface area contributed by atoms with Gasteiger partial charge in [-0.05, 0) is 25.5 Å². The van der Waals surface area contributed by atoms with E-state index in [2.05, 4.69) is 21.8 Å². The number of rotatable bonds is 3. The van der Waals surface area contributed by atoms with Crippen molar-refractivity contribution in [3.05, 3.63) is 62.9 Å². The summed E-state index contributed by atoms with van der Waals surface area (Å²) in [5, 5.41) is 0.970. The predicted molar refractivity (Wildman–Crippen MR) is 107 cm³/mol. The van der Waals surface area contributed by atoms with Crippen molar-refractivity contribution in [2.75, 3.05) is 26.2 Å². The zero-order chi connectivity index (χ0) is 19.8. The molecule has 2 aromatic heterocycles. The molecule has 1 aromatic carbocycles. The van der Waals surface area contributed by atoms with Gasteiger partial charge in [0.15, 0.2) is 0 Å². The minimum absolute atomic E-state index is 0.162. The van der Waals surface area contributed by atoms with Crippen LogP contribution in [0.5, 0.6) is 0 Å². The van der Waals surface area contributed by atoms with Crippen LogP contribution < -0.4 is 5.56 Å². The molecule has 0 saturated carbocycles. The number of benzene rings is 1. The van der Waals surface area contributed by atoms with E-state index >= 15 is 0 Å². The average Bonchev–Trinajstić information content (AvgIpc) is 3.04. The number of piperazine rings is 1. The molecule has 28 heavy (non-hydrogen) atoms. The molecule has 3 heterocycles. The summed E-state index contributed by atoms with van der Waals surface area (Å²) in [4.78, 5) is 35.9. The lowest BCUT2D eigenvalue weighted by Gasteiger charge is -2.38. The van der Waals surface area contributed by atoms with Crippen LogP contribution in [0.25, 0.3) is 11.1 Å². The molecule has 1 fully saturated rings. The second kappa shape index (κ2) is 7.41. The number of nitrogens with one attached hydrogen (secondary N) is 1. The van der Waals surface area contributed by atoms with Gasteiger partial charge in [-0.3, -0.25) is 14.5 Å². The van der Waals surface area contributed by atoms with Gasteiger partial charge in [-0.15, -0.1) is 0 Å². The summed E-state index contributed by atoms with van der Waals surface area (Å²) >= 11 is 6.33. The molecular weight excluding hydrogens is 380 g/mol. The highest BCUT2D eigenvalue weighted by molar-refractivity contribution is 6.31. The van der Waals surface area contributed by atoms with E-state index in [9.17, 15) is 9.59 Å². The number of nitrogens with zero attached hydrogens (tertiary/aromatic N) is 3. The number of aromatic amines is 1. The summed E-state index contributed by atoms with van der Waals surface area (Å²) in [7, 11) is 0. The number of amides is 1. The van der Waals surface area contributed by atoms with Gasteiger partial charge in [0, 0.05) is 37.2 Å². The first-order valence-corrected chi connectivity index (χ1v) is 9.59. The Labute approximate surface area is 166 Å². The molecule has 4 rings (SSSR count). The molecule has 0 bridgehead atoms. The number of H-pyrrole nitrogens is 1. The van der Waals surface area contributed by atoms with Crippen LogP contribution in [-0.4, -0.2) is 51.9 Å². The number of fused-ring (bicyclic) bond motifs is 1. The van der Waals surface area contributed by atoms with Crippen molar-refractivity contribution in [2.45, 2.75) is 19.9 Å². The summed E-state index contributed by atoms with van der Waals surface area (Å²) in [5.74, 6) is 0.218. The fourth-order valence-electron chi connectivity index (χ4n) is 3.79. The van der Waals surface area contributed by atoms with E-state index < -0.39 is 0 Å². The third kappa shape index (κ3) is 3.21. The van der Waals surface area contributed by atoms with Gasteiger partial charge in [0.1, 0.15) is 11.1 Å². The summed E-state index contributed by atoms with van der Waals surface area (Å²) in [5.41, 5.74) is 1.21. The van der Waals surface area contributed by atoms with Crippen molar-refractivity contribution >= 4 is 28.6 Å². The maximum atomic E-state index is 13.1. The van der Waals surface area contributed by atoms with E-state index in [1.165, 1.54) is 6.33 Å². The largest absolute Gasteiger partial charge is 0.442 e. The SMILES string of the molecule is Cc1oc2nc[nH]c(=O)c2c1C(=O)N1CCN(C(C)c2ccccc2Cl)CC1. The highest BCUT2D eigenvalue weighted by Gasteiger charge is 2.30. The quantitative estimate of drug-likeness (QED) is 0.730. The molecule has 0 spiro atoms. The number of aromatic nitrogens is 2. The van der Waals surface area contributed by atoms with Crippen molar-refractivity contribution in [2.24, 2.45) is 0 Å². The van der Waals surface area contributed by atoms with E-state index in [4.69, 9.17) is 16.0 Å². The fraction of sp³-hybridized carbons (Fsp3) is 0.350. The maximum absolute atomic E-state index is 13.1. The van der Waals surface area contributed by atoms with Crippen LogP contribution in [-0.2, 0) is 0 Å². The number of furan rings is 1. The van der Waals surface area contributed by atoms with E-state index in [-0.39, 0.29) is 28.6 Å². The Morgan fingerprint density at radius 3 is 2.68 bits per heavy atom. The van der Waals surface area contributed by atoms with Crippen LogP contribution in [0.3, 0.4) is 0 Å². The lowest BCUT2D eigenvalue weighted by molar-refractivity contribution is 0.0582. The van der Waals surface area contributed by atoms with Crippen LogP contribution in [0.4, 0.5) is 0 Å². The van der Waals surface area contributed by atoms with Crippen LogP contribution in [0.2, 0.25) is 5.02 Å². The third-order valence-corrected chi connectivity index (χ3v) is 5.73. The Morgan fingerprint density at radius 2 is 1.96 bits per heavy atom. The summed E-state index contributed by atoms with van der Waals surface area (Å²) in [6.45, 7) is 6.39. The van der Waals surface area contributed by atoms with Gasteiger partial charge < -0.3 is 14.3 Å². The Morgan fingerprint density at radius 1 is 1.25 bits per heavy atom. The monoisotopic (exact) mass is 400 g/mol. The number of carbonyl (C=O) groups excluding carboxylic acids is 1. The molecule has 1 atom stereocenters. The molecule has 7 nitrogen and oxygen atoms in total. The molecule has 0 aliphatic carbocycles. The van der Waals surface area contributed by atoms with Gasteiger partial charge >= 0.3 is 0 Å². The lowest BCUT2D eigenvalue weighted by Crippen LogP contribution is -2.49. The number of carbonyl (C=O) groups is 1. The number of halogens is 1. The molecule has 3 aromatic rings. The molecule has 0 radical (unpaired) electrons. The minimum Gasteiger partial charge on any atom is -0.442 e. The van der Waals surface area contributed by atoms with E-state index in [0.29, 0.717) is 24.4 Å². The average molecular weight is 401 g/mol. The number of hydrogen-bond donors (Lipinski definition) is 1. The molecule has 1 unspecified atom stereocenters. The number of hydrogen-bond acceptors (Lipinski definition) is 5. The van der Waals surface area contributed by atoms with Crippen molar-refractivity contribution in [1.82, 2.24) is 19.8 Å². The van der Waals surface area contributed by atoms with Crippen molar-refractivity contribution in [1.29, 1.82) is 0 Å². The first kappa shape index (κ1) is 18.7. The highest BCUT2D eigenvalue weighted by Crippen LogP contribution is 2.28. The van der Waals surface area contributed by atoms with Crippen LogP contribution in [0.1, 0.15) is 34.6 Å². The topological polar surface area (TPSA) is 82.4 Å². The zero-order valence-corrected chi connectivity index (χ0v) is 16.5. The second-order valence-electron chi connectivity index (χ2n) is 6.97. The minimum atomic E-state index is -0.365. The zero-order valence-electron chi connectivity index (χ0n) is 15.7. The first-order valence-electron chi connectivity index (χ1n) is 9.22. The van der Waals surface area contributed by atoms with Gasteiger partial charge in [0.2, 0.25) is 5.71 Å². The summed E-state index contributed by atoms with van der Waals surface area (Å²) in [6, 6.07) is 7.99. The molecule has 1 amide bonds. The summed E-state index contributed by atoms with van der Waals surface area (Å²) < 4.78 is 5.52. The van der Waals surface area contributed by atoms with Gasteiger partial charge in [-0.1, -0.05) is 29.8 Å². The van der Waals surface area contributed by atoms with Crippen molar-refractivity contribution in [3.8, 4) is 0 Å².